The molecule has 0 aliphatic rings. The molecule has 0 aliphatic carbocycles. The molecule has 1 rings (SSSR count). The largest absolute Gasteiger partial charge is 0.493 e. The maximum atomic E-state index is 10.2. The van der Waals surface area contributed by atoms with Gasteiger partial charge >= 0.3 is 0 Å². The maximum Gasteiger partial charge on any atom is 0.235 e. The molecule has 0 heterocycles. The number of ether oxygens (including phenoxy) is 2. The Morgan fingerprint density at radius 3 is 2.88 bits per heavy atom. The first-order valence-corrected chi connectivity index (χ1v) is 4.67. The molecule has 6 heteroatoms. The number of rotatable bonds is 5. The van der Waals surface area contributed by atoms with E-state index in [-0.39, 0.29) is 6.61 Å². The number of hydrogen-bond acceptors (Lipinski definition) is 5. The van der Waals surface area contributed by atoms with Gasteiger partial charge in [0.1, 0.15) is 6.07 Å². The Hall–Kier alpha value is -2.55. The zero-order chi connectivity index (χ0) is 12.7. The van der Waals surface area contributed by atoms with E-state index in [1.165, 1.54) is 13.2 Å². The fourth-order valence-electron chi connectivity index (χ4n) is 1.16. The van der Waals surface area contributed by atoms with Gasteiger partial charge in [-0.3, -0.25) is 10.1 Å². The molecule has 0 aliphatic heterocycles. The molecule has 0 fully saturated rings. The van der Waals surface area contributed by atoms with Gasteiger partial charge in [-0.05, 0) is 17.7 Å². The Bertz CT molecular complexity index is 477. The summed E-state index contributed by atoms with van der Waals surface area (Å²) in [5.41, 5.74) is 0.614. The average molecular weight is 234 g/mol. The highest BCUT2D eigenvalue weighted by atomic mass is 16.6. The molecule has 0 saturated heterocycles. The van der Waals surface area contributed by atoms with Crippen LogP contribution in [0, 0.1) is 21.4 Å². The fraction of sp³-hybridized carbons (Fsp3) is 0.182. The van der Waals surface area contributed by atoms with Crippen molar-refractivity contribution in [1.29, 1.82) is 5.26 Å². The number of benzene rings is 1. The van der Waals surface area contributed by atoms with Crippen molar-refractivity contribution in [2.75, 3.05) is 13.7 Å². The predicted octanol–water partition coefficient (Wildman–Crippen LogP) is 1.84. The van der Waals surface area contributed by atoms with Crippen LogP contribution in [0.1, 0.15) is 5.56 Å². The highest BCUT2D eigenvalue weighted by Gasteiger charge is 2.04. The molecule has 6 nitrogen and oxygen atoms in total. The quantitative estimate of drug-likeness (QED) is 0.573. The van der Waals surface area contributed by atoms with Gasteiger partial charge in [0.15, 0.2) is 18.1 Å². The summed E-state index contributed by atoms with van der Waals surface area (Å²) in [6.45, 7) is -0.0829. The van der Waals surface area contributed by atoms with Crippen molar-refractivity contribution in [3.05, 3.63) is 40.1 Å². The van der Waals surface area contributed by atoms with Crippen LogP contribution in [0.3, 0.4) is 0 Å². The molecule has 0 saturated carbocycles. The second-order valence-corrected chi connectivity index (χ2v) is 2.96. The monoisotopic (exact) mass is 234 g/mol. The minimum Gasteiger partial charge on any atom is -0.493 e. The minimum absolute atomic E-state index is 0.0829. The number of nitrogens with zero attached hydrogens (tertiary/aromatic N) is 2. The molecule has 0 N–H and O–H groups in total. The van der Waals surface area contributed by atoms with E-state index in [4.69, 9.17) is 14.7 Å². The molecule has 0 amide bonds. The molecule has 17 heavy (non-hydrogen) atoms. The lowest BCUT2D eigenvalue weighted by atomic mass is 10.2. The summed E-state index contributed by atoms with van der Waals surface area (Å²) in [5, 5.41) is 18.6. The Labute approximate surface area is 97.8 Å². The number of hydrogen-bond donors (Lipinski definition) is 0. The van der Waals surface area contributed by atoms with Gasteiger partial charge in [0.2, 0.25) is 6.20 Å². The molecular formula is C11H10N2O4. The van der Waals surface area contributed by atoms with Crippen molar-refractivity contribution < 1.29 is 14.4 Å². The summed E-state index contributed by atoms with van der Waals surface area (Å²) >= 11 is 0. The van der Waals surface area contributed by atoms with Crippen LogP contribution in [0.15, 0.2) is 24.4 Å². The molecule has 88 valence electrons. The van der Waals surface area contributed by atoms with Gasteiger partial charge in [-0.1, -0.05) is 6.07 Å². The van der Waals surface area contributed by atoms with Crippen LogP contribution >= 0.6 is 0 Å². The third-order valence-corrected chi connectivity index (χ3v) is 1.87. The lowest BCUT2D eigenvalue weighted by Crippen LogP contribution is -1.96. The van der Waals surface area contributed by atoms with E-state index < -0.39 is 4.92 Å². The van der Waals surface area contributed by atoms with Gasteiger partial charge in [0.25, 0.3) is 0 Å². The van der Waals surface area contributed by atoms with E-state index >= 15 is 0 Å². The van der Waals surface area contributed by atoms with Crippen LogP contribution in [0.4, 0.5) is 0 Å². The first-order chi connectivity index (χ1) is 8.17. The van der Waals surface area contributed by atoms with Crippen molar-refractivity contribution in [1.82, 2.24) is 0 Å². The molecule has 0 aromatic heterocycles. The number of nitro groups is 1. The van der Waals surface area contributed by atoms with Crippen molar-refractivity contribution in [2.24, 2.45) is 0 Å². The minimum atomic E-state index is -0.549. The Morgan fingerprint density at radius 2 is 2.29 bits per heavy atom. The van der Waals surface area contributed by atoms with Crippen molar-refractivity contribution in [2.45, 2.75) is 0 Å². The molecule has 0 radical (unpaired) electrons. The number of nitriles is 1. The summed E-state index contributed by atoms with van der Waals surface area (Å²) in [6.07, 6.45) is 2.18. The third kappa shape index (κ3) is 3.83. The molecule has 0 atom stereocenters. The van der Waals surface area contributed by atoms with Gasteiger partial charge < -0.3 is 9.47 Å². The molecule has 0 unspecified atom stereocenters. The molecule has 1 aromatic carbocycles. The van der Waals surface area contributed by atoms with Crippen LogP contribution < -0.4 is 9.47 Å². The first-order valence-electron chi connectivity index (χ1n) is 4.67. The van der Waals surface area contributed by atoms with Gasteiger partial charge in [-0.25, -0.2) is 0 Å². The Morgan fingerprint density at radius 1 is 1.53 bits per heavy atom. The van der Waals surface area contributed by atoms with E-state index in [2.05, 4.69) is 0 Å². The highest BCUT2D eigenvalue weighted by molar-refractivity contribution is 5.55. The normalized spacial score (nSPS) is 9.88. The summed E-state index contributed by atoms with van der Waals surface area (Å²) < 4.78 is 10.2. The van der Waals surface area contributed by atoms with E-state index in [1.54, 1.807) is 18.2 Å². The topological polar surface area (TPSA) is 85.4 Å². The van der Waals surface area contributed by atoms with Gasteiger partial charge in [-0.2, -0.15) is 5.26 Å². The lowest BCUT2D eigenvalue weighted by molar-refractivity contribution is -0.400. The summed E-state index contributed by atoms with van der Waals surface area (Å²) in [5.74, 6) is 0.845. The van der Waals surface area contributed by atoms with Crippen LogP contribution in [-0.2, 0) is 0 Å². The zero-order valence-electron chi connectivity index (χ0n) is 9.12. The second kappa shape index (κ2) is 6.12. The predicted molar refractivity (Wildman–Crippen MR) is 60.1 cm³/mol. The van der Waals surface area contributed by atoms with Crippen molar-refractivity contribution in [3.8, 4) is 17.6 Å². The first kappa shape index (κ1) is 12.5. The Kier molecular flexibility index (Phi) is 4.51. The standard InChI is InChI=1S/C11H10N2O4/c1-16-11-8-9(4-6-13(14)15)2-3-10(11)17-7-5-12/h2-4,6,8H,7H2,1H3/b6-4-. The van der Waals surface area contributed by atoms with Crippen molar-refractivity contribution >= 4 is 6.08 Å². The van der Waals surface area contributed by atoms with E-state index in [0.29, 0.717) is 17.1 Å². The Balaban J connectivity index is 2.92. The van der Waals surface area contributed by atoms with Gasteiger partial charge in [0, 0.05) is 6.08 Å². The number of methoxy groups -OCH3 is 1. The zero-order valence-corrected chi connectivity index (χ0v) is 9.12. The van der Waals surface area contributed by atoms with Crippen molar-refractivity contribution in [3.63, 3.8) is 0 Å². The van der Waals surface area contributed by atoms with Crippen LogP contribution in [0.2, 0.25) is 0 Å². The van der Waals surface area contributed by atoms with Crippen LogP contribution in [0.5, 0.6) is 11.5 Å². The second-order valence-electron chi connectivity index (χ2n) is 2.96. The summed E-state index contributed by atoms with van der Waals surface area (Å²) in [6, 6.07) is 6.66. The summed E-state index contributed by atoms with van der Waals surface area (Å²) in [4.78, 5) is 9.61. The smallest absolute Gasteiger partial charge is 0.235 e. The lowest BCUT2D eigenvalue weighted by Gasteiger charge is -2.08. The molecule has 0 bridgehead atoms. The van der Waals surface area contributed by atoms with Gasteiger partial charge in [0.05, 0.1) is 12.0 Å². The van der Waals surface area contributed by atoms with Crippen LogP contribution in [-0.4, -0.2) is 18.6 Å². The molecular weight excluding hydrogens is 224 g/mol. The highest BCUT2D eigenvalue weighted by Crippen LogP contribution is 2.28. The molecule has 1 aromatic rings. The maximum absolute atomic E-state index is 10.2. The van der Waals surface area contributed by atoms with Gasteiger partial charge in [-0.15, -0.1) is 0 Å². The average Bonchev–Trinajstić information content (AvgIpc) is 2.34. The van der Waals surface area contributed by atoms with Crippen LogP contribution in [0.25, 0.3) is 6.08 Å². The summed E-state index contributed by atoms with van der Waals surface area (Å²) in [7, 11) is 1.45. The molecule has 0 spiro atoms. The fourth-order valence-corrected chi connectivity index (χ4v) is 1.16. The van der Waals surface area contributed by atoms with E-state index in [1.807, 2.05) is 6.07 Å². The van der Waals surface area contributed by atoms with E-state index in [0.717, 1.165) is 6.20 Å². The van der Waals surface area contributed by atoms with E-state index in [9.17, 15) is 10.1 Å². The third-order valence-electron chi connectivity index (χ3n) is 1.87. The SMILES string of the molecule is COc1cc(/C=C\[N+](=O)[O-])ccc1OCC#N.